The van der Waals surface area contributed by atoms with E-state index >= 15 is 0 Å². The zero-order valence-electron chi connectivity index (χ0n) is 11.2. The molecule has 0 unspecified atom stereocenters. The minimum absolute atomic E-state index is 0.0725. The summed E-state index contributed by atoms with van der Waals surface area (Å²) < 4.78 is 2.03. The maximum absolute atomic E-state index is 12.2. The Hall–Kier alpha value is -1.61. The topological polar surface area (TPSA) is 34.9 Å². The van der Waals surface area contributed by atoms with Gasteiger partial charge in [-0.25, -0.2) is 4.98 Å². The second-order valence-corrected chi connectivity index (χ2v) is 5.01. The first kappa shape index (κ1) is 13.8. The van der Waals surface area contributed by atoms with Crippen molar-refractivity contribution in [3.05, 3.63) is 52.6 Å². The number of imidazole rings is 1. The Kier molecular flexibility index (Phi) is 4.38. The fourth-order valence-corrected chi connectivity index (χ4v) is 2.13. The Labute approximate surface area is 118 Å². The van der Waals surface area contributed by atoms with Crippen molar-refractivity contribution in [3.63, 3.8) is 0 Å². The molecule has 0 saturated carbocycles. The Balaban J connectivity index is 2.16. The summed E-state index contributed by atoms with van der Waals surface area (Å²) in [5.41, 5.74) is 1.61. The van der Waals surface area contributed by atoms with Crippen molar-refractivity contribution in [2.75, 3.05) is 0 Å². The average molecular weight is 277 g/mol. The van der Waals surface area contributed by atoms with E-state index in [0.29, 0.717) is 17.0 Å². The van der Waals surface area contributed by atoms with Crippen LogP contribution in [0.2, 0.25) is 5.02 Å². The van der Waals surface area contributed by atoms with Crippen LogP contribution >= 0.6 is 11.6 Å². The van der Waals surface area contributed by atoms with E-state index in [0.717, 1.165) is 24.4 Å². The number of rotatable bonds is 5. The molecule has 0 bridgehead atoms. The molecule has 0 aliphatic heterocycles. The maximum Gasteiger partial charge on any atom is 0.170 e. The number of benzene rings is 1. The number of aryl methyl sites for hydroxylation is 2. The highest BCUT2D eigenvalue weighted by Gasteiger charge is 2.12. The molecule has 0 aliphatic carbocycles. The largest absolute Gasteiger partial charge is 0.335 e. The number of ketones is 1. The van der Waals surface area contributed by atoms with Gasteiger partial charge in [0.1, 0.15) is 5.82 Å². The third-order valence-electron chi connectivity index (χ3n) is 3.06. The van der Waals surface area contributed by atoms with Gasteiger partial charge in [0, 0.05) is 29.5 Å². The van der Waals surface area contributed by atoms with Crippen molar-refractivity contribution in [1.29, 1.82) is 0 Å². The van der Waals surface area contributed by atoms with Crippen LogP contribution in [-0.4, -0.2) is 15.3 Å². The second-order valence-electron chi connectivity index (χ2n) is 4.60. The van der Waals surface area contributed by atoms with E-state index < -0.39 is 0 Å². The van der Waals surface area contributed by atoms with Crippen molar-refractivity contribution in [1.82, 2.24) is 9.55 Å². The van der Waals surface area contributed by atoms with Crippen molar-refractivity contribution in [2.24, 2.45) is 0 Å². The summed E-state index contributed by atoms with van der Waals surface area (Å²) in [5.74, 6) is 0.891. The van der Waals surface area contributed by atoms with Gasteiger partial charge in [0.05, 0.1) is 6.42 Å². The Morgan fingerprint density at radius 3 is 2.89 bits per heavy atom. The number of Topliss-reactive ketones (excluding diaryl/α,β-unsaturated/α-hetero) is 1. The molecule has 1 aromatic carbocycles. The quantitative estimate of drug-likeness (QED) is 0.781. The van der Waals surface area contributed by atoms with E-state index in [2.05, 4.69) is 11.9 Å². The van der Waals surface area contributed by atoms with Gasteiger partial charge >= 0.3 is 0 Å². The van der Waals surface area contributed by atoms with Crippen LogP contribution in [0.25, 0.3) is 0 Å². The number of halogens is 1. The predicted molar refractivity (Wildman–Crippen MR) is 76.7 cm³/mol. The lowest BCUT2D eigenvalue weighted by atomic mass is 10.1. The van der Waals surface area contributed by atoms with Crippen molar-refractivity contribution in [2.45, 2.75) is 33.2 Å². The summed E-state index contributed by atoms with van der Waals surface area (Å²) in [6.45, 7) is 4.90. The van der Waals surface area contributed by atoms with Crippen molar-refractivity contribution in [3.8, 4) is 0 Å². The lowest BCUT2D eigenvalue weighted by Gasteiger charge is -2.06. The zero-order valence-corrected chi connectivity index (χ0v) is 11.9. The molecule has 0 amide bonds. The smallest absolute Gasteiger partial charge is 0.170 e. The van der Waals surface area contributed by atoms with Crippen molar-refractivity contribution < 1.29 is 4.79 Å². The van der Waals surface area contributed by atoms with Gasteiger partial charge in [-0.05, 0) is 37.1 Å². The standard InChI is InChI=1S/C15H17ClN2O/c1-3-7-18-8-6-17-15(18)10-14(19)12-4-5-13(16)11(2)9-12/h4-6,8-9H,3,7,10H2,1-2H3. The van der Waals surface area contributed by atoms with Gasteiger partial charge in [0.15, 0.2) is 5.78 Å². The number of hydrogen-bond donors (Lipinski definition) is 0. The maximum atomic E-state index is 12.2. The zero-order chi connectivity index (χ0) is 13.8. The molecule has 0 spiro atoms. The highest BCUT2D eigenvalue weighted by Crippen LogP contribution is 2.17. The van der Waals surface area contributed by atoms with Gasteiger partial charge in [-0.3, -0.25) is 4.79 Å². The molecule has 0 saturated heterocycles. The number of carbonyl (C=O) groups is 1. The third kappa shape index (κ3) is 3.24. The monoisotopic (exact) mass is 276 g/mol. The van der Waals surface area contributed by atoms with Gasteiger partial charge in [-0.1, -0.05) is 18.5 Å². The highest BCUT2D eigenvalue weighted by atomic mass is 35.5. The Bertz CT molecular complexity index is 590. The van der Waals surface area contributed by atoms with E-state index in [9.17, 15) is 4.79 Å². The fraction of sp³-hybridized carbons (Fsp3) is 0.333. The molecule has 3 nitrogen and oxygen atoms in total. The lowest BCUT2D eigenvalue weighted by molar-refractivity contribution is 0.0989. The van der Waals surface area contributed by atoms with Crippen LogP contribution in [0.15, 0.2) is 30.6 Å². The summed E-state index contributed by atoms with van der Waals surface area (Å²) in [5, 5.41) is 0.684. The lowest BCUT2D eigenvalue weighted by Crippen LogP contribution is -2.10. The molecule has 100 valence electrons. The first-order valence-corrected chi connectivity index (χ1v) is 6.79. The van der Waals surface area contributed by atoms with Crippen molar-refractivity contribution >= 4 is 17.4 Å². The number of carbonyl (C=O) groups excluding carboxylic acids is 1. The third-order valence-corrected chi connectivity index (χ3v) is 3.49. The minimum atomic E-state index is 0.0725. The molecule has 0 fully saturated rings. The SMILES string of the molecule is CCCn1ccnc1CC(=O)c1ccc(Cl)c(C)c1. The van der Waals surface area contributed by atoms with E-state index in [1.54, 1.807) is 18.3 Å². The number of nitrogens with zero attached hydrogens (tertiary/aromatic N) is 2. The summed E-state index contributed by atoms with van der Waals surface area (Å²) in [4.78, 5) is 16.5. The normalized spacial score (nSPS) is 10.7. The van der Waals surface area contributed by atoms with Crippen LogP contribution in [0.1, 0.15) is 35.1 Å². The number of hydrogen-bond acceptors (Lipinski definition) is 2. The van der Waals surface area contributed by atoms with Crippen LogP contribution in [0.4, 0.5) is 0 Å². The molecule has 1 aromatic heterocycles. The summed E-state index contributed by atoms with van der Waals surface area (Å²) in [6, 6.07) is 5.37. The van der Waals surface area contributed by atoms with E-state index in [1.807, 2.05) is 23.8 Å². The minimum Gasteiger partial charge on any atom is -0.335 e. The molecule has 19 heavy (non-hydrogen) atoms. The average Bonchev–Trinajstić information content (AvgIpc) is 2.80. The molecule has 1 heterocycles. The van der Waals surface area contributed by atoms with E-state index in [1.165, 1.54) is 0 Å². The van der Waals surface area contributed by atoms with Crippen LogP contribution in [-0.2, 0) is 13.0 Å². The summed E-state index contributed by atoms with van der Waals surface area (Å²) >= 11 is 5.97. The van der Waals surface area contributed by atoms with E-state index in [4.69, 9.17) is 11.6 Å². The van der Waals surface area contributed by atoms with E-state index in [-0.39, 0.29) is 5.78 Å². The molecule has 0 atom stereocenters. The summed E-state index contributed by atoms with van der Waals surface area (Å²) in [7, 11) is 0. The van der Waals surface area contributed by atoms with Gasteiger partial charge in [-0.2, -0.15) is 0 Å². The van der Waals surface area contributed by atoms with Crippen LogP contribution < -0.4 is 0 Å². The fourth-order valence-electron chi connectivity index (χ4n) is 2.02. The van der Waals surface area contributed by atoms with Gasteiger partial charge in [0.25, 0.3) is 0 Å². The highest BCUT2D eigenvalue weighted by molar-refractivity contribution is 6.31. The first-order valence-electron chi connectivity index (χ1n) is 6.41. The van der Waals surface area contributed by atoms with Crippen LogP contribution in [0.5, 0.6) is 0 Å². The molecule has 2 aromatic rings. The molecular formula is C15H17ClN2O. The Morgan fingerprint density at radius 2 is 2.21 bits per heavy atom. The van der Waals surface area contributed by atoms with Crippen LogP contribution in [0.3, 0.4) is 0 Å². The molecule has 0 radical (unpaired) electrons. The second kappa shape index (κ2) is 6.02. The number of aromatic nitrogens is 2. The molecule has 0 N–H and O–H groups in total. The molecule has 4 heteroatoms. The van der Waals surface area contributed by atoms with Gasteiger partial charge < -0.3 is 4.57 Å². The van der Waals surface area contributed by atoms with Gasteiger partial charge in [0.2, 0.25) is 0 Å². The molecular weight excluding hydrogens is 260 g/mol. The predicted octanol–water partition coefficient (Wildman–Crippen LogP) is 3.68. The molecule has 2 rings (SSSR count). The van der Waals surface area contributed by atoms with Gasteiger partial charge in [-0.15, -0.1) is 0 Å². The summed E-state index contributed by atoms with van der Waals surface area (Å²) in [6.07, 6.45) is 5.01. The molecule has 0 aliphatic rings. The van der Waals surface area contributed by atoms with Crippen LogP contribution in [0, 0.1) is 6.92 Å². The Morgan fingerprint density at radius 1 is 1.42 bits per heavy atom. The first-order chi connectivity index (χ1) is 9.11.